The highest BCUT2D eigenvalue weighted by Crippen LogP contribution is 2.31. The zero-order valence-electron chi connectivity index (χ0n) is 18.7. The molecule has 0 bridgehead atoms. The zero-order chi connectivity index (χ0) is 23.2. The third-order valence-electron chi connectivity index (χ3n) is 5.41. The number of nitrogens with zero attached hydrogens (tertiary/aromatic N) is 5. The summed E-state index contributed by atoms with van der Waals surface area (Å²) in [5.74, 6) is 1.57. The molecule has 0 atom stereocenters. The number of fused-ring (bicyclic) bond motifs is 1. The number of pyridine rings is 1. The van der Waals surface area contributed by atoms with E-state index in [-0.39, 0.29) is 25.7 Å². The number of anilines is 1. The highest BCUT2D eigenvalue weighted by Gasteiger charge is 2.24. The van der Waals surface area contributed by atoms with Gasteiger partial charge in [0.05, 0.1) is 24.9 Å². The molecule has 2 aliphatic rings. The Morgan fingerprint density at radius 3 is 3.00 bits per heavy atom. The first-order chi connectivity index (χ1) is 16.1. The van der Waals surface area contributed by atoms with Crippen LogP contribution < -0.4 is 20.7 Å². The number of aliphatic imine (C=N–C) groups is 1. The molecule has 0 saturated heterocycles. The van der Waals surface area contributed by atoms with Crippen molar-refractivity contribution in [1.29, 1.82) is 0 Å². The zero-order valence-corrected chi connectivity index (χ0v) is 18.7. The molecule has 0 spiro atoms. The minimum Gasteiger partial charge on any atom is -0.491 e. The van der Waals surface area contributed by atoms with E-state index < -0.39 is 0 Å². The van der Waals surface area contributed by atoms with E-state index in [4.69, 9.17) is 25.5 Å². The number of amides is 1. The summed E-state index contributed by atoms with van der Waals surface area (Å²) in [6.45, 7) is 0.226. The Labute approximate surface area is 192 Å². The van der Waals surface area contributed by atoms with Crippen LogP contribution in [0.5, 0.6) is 5.75 Å². The lowest BCUT2D eigenvalue weighted by molar-refractivity contribution is -0.118. The van der Waals surface area contributed by atoms with Gasteiger partial charge in [0.2, 0.25) is 5.91 Å². The van der Waals surface area contributed by atoms with Crippen LogP contribution in [-0.4, -0.2) is 65.0 Å². The maximum Gasteiger partial charge on any atom is 0.244 e. The summed E-state index contributed by atoms with van der Waals surface area (Å²) in [6.07, 6.45) is 9.47. The van der Waals surface area contributed by atoms with Gasteiger partial charge in [-0.3, -0.25) is 14.8 Å². The summed E-state index contributed by atoms with van der Waals surface area (Å²) in [7, 11) is 1.84. The molecule has 1 amide bonds. The van der Waals surface area contributed by atoms with Gasteiger partial charge in [-0.1, -0.05) is 0 Å². The second-order valence-electron chi connectivity index (χ2n) is 8.13. The largest absolute Gasteiger partial charge is 0.491 e. The van der Waals surface area contributed by atoms with Crippen LogP contribution in [0, 0.1) is 0 Å². The van der Waals surface area contributed by atoms with Gasteiger partial charge < -0.3 is 25.8 Å². The fourth-order valence-corrected chi connectivity index (χ4v) is 3.65. The van der Waals surface area contributed by atoms with Crippen LogP contribution >= 0.6 is 0 Å². The second kappa shape index (κ2) is 10.4. The molecule has 2 heterocycles. The van der Waals surface area contributed by atoms with Crippen LogP contribution in [0.4, 0.5) is 5.82 Å². The minimum atomic E-state index is -0.208. The molecule has 10 heteroatoms. The summed E-state index contributed by atoms with van der Waals surface area (Å²) in [4.78, 5) is 32.7. The topological polar surface area (TPSA) is 139 Å². The number of hydrogen-bond acceptors (Lipinski definition) is 9. The molecule has 2 aromatic rings. The van der Waals surface area contributed by atoms with Crippen LogP contribution in [0.2, 0.25) is 0 Å². The van der Waals surface area contributed by atoms with Crippen molar-refractivity contribution in [2.24, 2.45) is 10.7 Å². The first-order valence-corrected chi connectivity index (χ1v) is 11.1. The van der Waals surface area contributed by atoms with Crippen LogP contribution in [0.15, 0.2) is 35.2 Å². The number of aromatic nitrogens is 3. The highest BCUT2D eigenvalue weighted by atomic mass is 16.5. The quantitative estimate of drug-likeness (QED) is 0.455. The van der Waals surface area contributed by atoms with Crippen molar-refractivity contribution in [2.45, 2.75) is 38.1 Å². The van der Waals surface area contributed by atoms with E-state index in [1.54, 1.807) is 24.5 Å². The number of rotatable bonds is 10. The molecule has 0 radical (unpaired) electrons. The summed E-state index contributed by atoms with van der Waals surface area (Å²) in [6, 6.07) is 3.82. The molecule has 1 fully saturated rings. The third kappa shape index (κ3) is 5.83. The number of aryl methyl sites for hydroxylation is 1. The van der Waals surface area contributed by atoms with Gasteiger partial charge in [-0.2, -0.15) is 0 Å². The van der Waals surface area contributed by atoms with E-state index >= 15 is 0 Å². The molecule has 10 nitrogen and oxygen atoms in total. The Hall–Kier alpha value is -3.53. The number of nitrogens with two attached hydrogens (primary N) is 1. The third-order valence-corrected chi connectivity index (χ3v) is 5.41. The van der Waals surface area contributed by atoms with Crippen molar-refractivity contribution >= 4 is 17.9 Å². The predicted octanol–water partition coefficient (Wildman–Crippen LogP) is 0.984. The van der Waals surface area contributed by atoms with E-state index in [2.05, 4.69) is 15.3 Å². The summed E-state index contributed by atoms with van der Waals surface area (Å²) in [5.41, 5.74) is 8.73. The minimum absolute atomic E-state index is 0.0719. The summed E-state index contributed by atoms with van der Waals surface area (Å²) < 4.78 is 5.49. The van der Waals surface area contributed by atoms with Gasteiger partial charge in [-0.25, -0.2) is 9.97 Å². The van der Waals surface area contributed by atoms with Crippen molar-refractivity contribution in [2.75, 3.05) is 31.7 Å². The number of ether oxygens (including phenoxy) is 1. The van der Waals surface area contributed by atoms with Crippen LogP contribution in [0.1, 0.15) is 30.5 Å². The Kier molecular flexibility index (Phi) is 7.13. The molecule has 174 valence electrons. The smallest absolute Gasteiger partial charge is 0.244 e. The summed E-state index contributed by atoms with van der Waals surface area (Å²) in [5, 5.41) is 11.8. The van der Waals surface area contributed by atoms with Crippen molar-refractivity contribution in [3.05, 3.63) is 41.5 Å². The lowest BCUT2D eigenvalue weighted by Crippen LogP contribution is -2.36. The van der Waals surface area contributed by atoms with Crippen molar-refractivity contribution in [3.63, 3.8) is 0 Å². The molecule has 1 saturated carbocycles. The predicted molar refractivity (Wildman–Crippen MR) is 125 cm³/mol. The number of nitrogens with one attached hydrogen (secondary N) is 1. The summed E-state index contributed by atoms with van der Waals surface area (Å²) >= 11 is 0. The Balaban J connectivity index is 1.52. The van der Waals surface area contributed by atoms with Crippen LogP contribution in [0.3, 0.4) is 0 Å². The molecule has 33 heavy (non-hydrogen) atoms. The fraction of sp³-hybridized carbons (Fsp3) is 0.435. The fourth-order valence-electron chi connectivity index (χ4n) is 3.65. The molecule has 0 aromatic carbocycles. The molecule has 2 aromatic heterocycles. The van der Waals surface area contributed by atoms with Gasteiger partial charge in [0.1, 0.15) is 23.9 Å². The average Bonchev–Trinajstić information content (AvgIpc) is 3.54. The number of carbonyl (C=O) groups is 1. The van der Waals surface area contributed by atoms with Gasteiger partial charge in [0.15, 0.2) is 5.82 Å². The molecule has 0 unspecified atom stereocenters. The first-order valence-electron chi connectivity index (χ1n) is 11.1. The van der Waals surface area contributed by atoms with Crippen molar-refractivity contribution in [3.8, 4) is 17.3 Å². The molecule has 2 aliphatic carbocycles. The van der Waals surface area contributed by atoms with Gasteiger partial charge in [0.25, 0.3) is 0 Å². The molecule has 4 N–H and O–H groups in total. The number of allylic oxidation sites excluding steroid dienone is 1. The maximum atomic E-state index is 12.7. The highest BCUT2D eigenvalue weighted by molar-refractivity contribution is 5.90. The number of likely N-dealkylation sites (N-methyl/N-ethyl adjacent to an activating group) is 1. The van der Waals surface area contributed by atoms with E-state index in [0.29, 0.717) is 29.0 Å². The lowest BCUT2D eigenvalue weighted by Gasteiger charge is -2.21. The van der Waals surface area contributed by atoms with E-state index in [1.165, 1.54) is 6.20 Å². The Morgan fingerprint density at radius 2 is 2.24 bits per heavy atom. The first kappa shape index (κ1) is 22.7. The monoisotopic (exact) mass is 451 g/mol. The van der Waals surface area contributed by atoms with Gasteiger partial charge in [-0.05, 0) is 38.2 Å². The van der Waals surface area contributed by atoms with Crippen LogP contribution in [0.25, 0.3) is 11.5 Å². The molecular weight excluding hydrogens is 422 g/mol. The standard InChI is InChI=1S/C23H29N7O3/c1-30(14-21(32)27-16(12-24)13-26-15-5-6-15)23-18-3-2-4-19(18)28-22(29-23)20-11-17(7-8-25-20)33-10-9-31/h7-8,11-13,15,31H,2-6,9-10,14,24H2,1H3,(H,27,32). The Morgan fingerprint density at radius 1 is 1.39 bits per heavy atom. The van der Waals surface area contributed by atoms with Crippen LogP contribution in [-0.2, 0) is 17.6 Å². The maximum absolute atomic E-state index is 12.7. The van der Waals surface area contributed by atoms with Gasteiger partial charge >= 0.3 is 0 Å². The molecule has 0 aliphatic heterocycles. The van der Waals surface area contributed by atoms with E-state index in [9.17, 15) is 4.79 Å². The molecule has 4 rings (SSSR count). The van der Waals surface area contributed by atoms with Gasteiger partial charge in [-0.15, -0.1) is 0 Å². The normalized spacial score (nSPS) is 15.5. The SMILES string of the molecule is CN(CC(=O)NC(C=NC1CC1)=CN)c1nc(-c2cc(OCCO)ccn2)nc2c1CCC2. The van der Waals surface area contributed by atoms with Crippen molar-refractivity contribution in [1.82, 2.24) is 20.3 Å². The second-order valence-corrected chi connectivity index (χ2v) is 8.13. The van der Waals surface area contributed by atoms with E-state index in [0.717, 1.165) is 49.2 Å². The van der Waals surface area contributed by atoms with Gasteiger partial charge in [0, 0.05) is 43.0 Å². The number of aliphatic hydroxyl groups excluding tert-OH is 1. The number of carbonyl (C=O) groups excluding carboxylic acids is 1. The Bertz CT molecular complexity index is 1070. The van der Waals surface area contributed by atoms with Crippen molar-refractivity contribution < 1.29 is 14.6 Å². The van der Waals surface area contributed by atoms with E-state index in [1.807, 2.05) is 11.9 Å². The lowest BCUT2D eigenvalue weighted by atomic mass is 10.2. The number of hydrogen-bond donors (Lipinski definition) is 3. The average molecular weight is 452 g/mol. The number of aliphatic hydroxyl groups is 1. The molecular formula is C23H29N7O3.